The Morgan fingerprint density at radius 1 is 0.361 bits per heavy atom. The Hall–Kier alpha value is -4.75. The molecule has 7 aromatic rings. The minimum absolute atomic E-state index is 1.03. The fourth-order valence-electron chi connectivity index (χ4n) is 5.58. The maximum atomic E-state index is 4.95. The summed E-state index contributed by atoms with van der Waals surface area (Å²) in [6.07, 6.45) is 1.91. The Morgan fingerprint density at radius 2 is 0.944 bits per heavy atom. The zero-order valence-corrected chi connectivity index (χ0v) is 19.7. The highest BCUT2D eigenvalue weighted by Gasteiger charge is 2.19. The average Bonchev–Trinajstić information content (AvgIpc) is 2.96. The molecule has 0 saturated carbocycles. The van der Waals surface area contributed by atoms with Gasteiger partial charge in [0.15, 0.2) is 0 Å². The summed E-state index contributed by atoms with van der Waals surface area (Å²) in [6.45, 7) is 0. The molecule has 0 bridgehead atoms. The third-order valence-electron chi connectivity index (χ3n) is 7.12. The maximum Gasteiger partial charge on any atom is 0.0792 e. The van der Waals surface area contributed by atoms with Crippen molar-refractivity contribution in [1.82, 2.24) is 4.98 Å². The smallest absolute Gasteiger partial charge is 0.0792 e. The molecule has 0 unspecified atom stereocenters. The van der Waals surface area contributed by atoms with Gasteiger partial charge in [0, 0.05) is 17.1 Å². The van der Waals surface area contributed by atoms with E-state index in [0.29, 0.717) is 0 Å². The molecule has 0 amide bonds. The SMILES string of the molecule is c1ccc(-c2c3ccccc3c(-c3ccccc3-c3cccc4ccccc34)c3cccnc23)cc1. The van der Waals surface area contributed by atoms with E-state index in [1.54, 1.807) is 0 Å². The van der Waals surface area contributed by atoms with Crippen molar-refractivity contribution in [2.45, 2.75) is 0 Å². The van der Waals surface area contributed by atoms with Gasteiger partial charge in [0.25, 0.3) is 0 Å². The molecule has 0 aliphatic heterocycles. The van der Waals surface area contributed by atoms with Crippen LogP contribution in [-0.4, -0.2) is 4.98 Å². The zero-order valence-electron chi connectivity index (χ0n) is 19.7. The van der Waals surface area contributed by atoms with Crippen LogP contribution in [0.2, 0.25) is 0 Å². The lowest BCUT2D eigenvalue weighted by Crippen LogP contribution is -1.94. The van der Waals surface area contributed by atoms with Crippen molar-refractivity contribution in [2.24, 2.45) is 0 Å². The molecular formula is C35H23N. The first-order valence-electron chi connectivity index (χ1n) is 12.3. The average molecular weight is 458 g/mol. The first-order chi connectivity index (χ1) is 17.9. The predicted octanol–water partition coefficient (Wildman–Crippen LogP) is 9.54. The molecule has 1 heterocycles. The van der Waals surface area contributed by atoms with Crippen LogP contribution in [-0.2, 0) is 0 Å². The number of nitrogens with zero attached hydrogens (tertiary/aromatic N) is 1. The van der Waals surface area contributed by atoms with Crippen molar-refractivity contribution in [1.29, 1.82) is 0 Å². The van der Waals surface area contributed by atoms with E-state index in [4.69, 9.17) is 4.98 Å². The van der Waals surface area contributed by atoms with E-state index in [-0.39, 0.29) is 0 Å². The fourth-order valence-corrected chi connectivity index (χ4v) is 5.58. The van der Waals surface area contributed by atoms with Crippen LogP contribution >= 0.6 is 0 Å². The predicted molar refractivity (Wildman–Crippen MR) is 153 cm³/mol. The van der Waals surface area contributed by atoms with Crippen LogP contribution in [0.3, 0.4) is 0 Å². The Kier molecular flexibility index (Phi) is 4.85. The van der Waals surface area contributed by atoms with Gasteiger partial charge in [-0.25, -0.2) is 0 Å². The van der Waals surface area contributed by atoms with Crippen molar-refractivity contribution >= 4 is 32.4 Å². The fraction of sp³-hybridized carbons (Fsp3) is 0. The molecule has 1 nitrogen and oxygen atoms in total. The van der Waals surface area contributed by atoms with E-state index in [0.717, 1.165) is 5.52 Å². The van der Waals surface area contributed by atoms with Gasteiger partial charge in [-0.2, -0.15) is 0 Å². The Labute approximate surface area is 210 Å². The lowest BCUT2D eigenvalue weighted by atomic mass is 9.84. The first kappa shape index (κ1) is 20.6. The van der Waals surface area contributed by atoms with Crippen molar-refractivity contribution in [3.05, 3.63) is 140 Å². The number of fused-ring (bicyclic) bond motifs is 3. The summed E-state index contributed by atoms with van der Waals surface area (Å²) in [5, 5.41) is 6.14. The summed E-state index contributed by atoms with van der Waals surface area (Å²) in [4.78, 5) is 4.95. The minimum atomic E-state index is 1.03. The van der Waals surface area contributed by atoms with Gasteiger partial charge in [-0.3, -0.25) is 4.98 Å². The summed E-state index contributed by atoms with van der Waals surface area (Å²) in [5.74, 6) is 0. The van der Waals surface area contributed by atoms with Crippen LogP contribution in [0.15, 0.2) is 140 Å². The van der Waals surface area contributed by atoms with Crippen LogP contribution in [0.25, 0.3) is 65.8 Å². The molecule has 1 heteroatoms. The number of rotatable bonds is 3. The van der Waals surface area contributed by atoms with E-state index in [2.05, 4.69) is 133 Å². The van der Waals surface area contributed by atoms with Gasteiger partial charge >= 0.3 is 0 Å². The number of aromatic nitrogens is 1. The molecule has 0 spiro atoms. The highest BCUT2D eigenvalue weighted by Crippen LogP contribution is 2.45. The second-order valence-corrected chi connectivity index (χ2v) is 9.13. The van der Waals surface area contributed by atoms with Gasteiger partial charge < -0.3 is 0 Å². The minimum Gasteiger partial charge on any atom is -0.256 e. The highest BCUT2D eigenvalue weighted by molar-refractivity contribution is 6.21. The summed E-state index contributed by atoms with van der Waals surface area (Å²) < 4.78 is 0. The van der Waals surface area contributed by atoms with Crippen molar-refractivity contribution in [3.63, 3.8) is 0 Å². The van der Waals surface area contributed by atoms with Crippen LogP contribution < -0.4 is 0 Å². The first-order valence-corrected chi connectivity index (χ1v) is 12.3. The standard InChI is InChI=1S/C35H23N/c1-2-13-25(14-3-1)33-30-19-8-9-20-31(30)34(32-22-11-23-36-35(32)33)29-18-7-6-17-28(29)27-21-10-15-24-12-4-5-16-26(24)27/h1-23H. The van der Waals surface area contributed by atoms with Gasteiger partial charge in [-0.1, -0.05) is 127 Å². The molecular weight excluding hydrogens is 434 g/mol. The maximum absolute atomic E-state index is 4.95. The lowest BCUT2D eigenvalue weighted by Gasteiger charge is -2.19. The van der Waals surface area contributed by atoms with Gasteiger partial charge in [-0.15, -0.1) is 0 Å². The van der Waals surface area contributed by atoms with Crippen LogP contribution in [0.5, 0.6) is 0 Å². The van der Waals surface area contributed by atoms with E-state index in [1.807, 2.05) is 6.20 Å². The number of benzene rings is 6. The van der Waals surface area contributed by atoms with Crippen molar-refractivity contribution in [3.8, 4) is 33.4 Å². The highest BCUT2D eigenvalue weighted by atomic mass is 14.7. The van der Waals surface area contributed by atoms with E-state index in [1.165, 1.54) is 60.3 Å². The Bertz CT molecular complexity index is 1820. The zero-order chi connectivity index (χ0) is 23.9. The summed E-state index contributed by atoms with van der Waals surface area (Å²) in [5.41, 5.74) is 8.35. The lowest BCUT2D eigenvalue weighted by molar-refractivity contribution is 1.42. The van der Waals surface area contributed by atoms with Gasteiger partial charge in [0.05, 0.1) is 5.52 Å². The Morgan fingerprint density at radius 3 is 1.78 bits per heavy atom. The molecule has 6 aromatic carbocycles. The van der Waals surface area contributed by atoms with Gasteiger partial charge in [-0.05, 0) is 55.4 Å². The van der Waals surface area contributed by atoms with Gasteiger partial charge in [0.1, 0.15) is 0 Å². The molecule has 0 atom stereocenters. The second kappa shape index (κ2) is 8.48. The molecule has 7 rings (SSSR count). The normalized spacial score (nSPS) is 11.3. The van der Waals surface area contributed by atoms with E-state index < -0.39 is 0 Å². The topological polar surface area (TPSA) is 12.9 Å². The molecule has 0 saturated heterocycles. The third-order valence-corrected chi connectivity index (χ3v) is 7.12. The largest absolute Gasteiger partial charge is 0.256 e. The van der Waals surface area contributed by atoms with E-state index >= 15 is 0 Å². The quantitative estimate of drug-likeness (QED) is 0.241. The molecule has 1 aromatic heterocycles. The second-order valence-electron chi connectivity index (χ2n) is 9.13. The molecule has 0 aliphatic rings. The van der Waals surface area contributed by atoms with Crippen molar-refractivity contribution in [2.75, 3.05) is 0 Å². The molecule has 0 N–H and O–H groups in total. The summed E-state index contributed by atoms with van der Waals surface area (Å²) >= 11 is 0. The molecule has 0 fully saturated rings. The van der Waals surface area contributed by atoms with Gasteiger partial charge in [0.2, 0.25) is 0 Å². The van der Waals surface area contributed by atoms with Crippen LogP contribution in [0.4, 0.5) is 0 Å². The summed E-state index contributed by atoms with van der Waals surface area (Å²) in [7, 11) is 0. The number of pyridine rings is 1. The van der Waals surface area contributed by atoms with Crippen LogP contribution in [0, 0.1) is 0 Å². The molecule has 0 aliphatic carbocycles. The number of hydrogen-bond acceptors (Lipinski definition) is 1. The monoisotopic (exact) mass is 457 g/mol. The number of hydrogen-bond donors (Lipinski definition) is 0. The van der Waals surface area contributed by atoms with Crippen molar-refractivity contribution < 1.29 is 0 Å². The molecule has 36 heavy (non-hydrogen) atoms. The van der Waals surface area contributed by atoms with E-state index in [9.17, 15) is 0 Å². The molecule has 168 valence electrons. The Balaban J connectivity index is 1.63. The summed E-state index contributed by atoms with van der Waals surface area (Å²) in [6, 6.07) is 47.7. The molecule has 0 radical (unpaired) electrons. The third kappa shape index (κ3) is 3.21. The van der Waals surface area contributed by atoms with Crippen LogP contribution in [0.1, 0.15) is 0 Å².